The molecule has 0 aliphatic heterocycles. The largest absolute Gasteiger partial charge is 0.508 e. The highest BCUT2D eigenvalue weighted by molar-refractivity contribution is 5.92. The predicted octanol–water partition coefficient (Wildman–Crippen LogP) is -0.409. The molecule has 0 aliphatic rings. The van der Waals surface area contributed by atoms with Crippen molar-refractivity contribution >= 4 is 17.7 Å². The summed E-state index contributed by atoms with van der Waals surface area (Å²) in [5.74, 6) is -1.63. The van der Waals surface area contributed by atoms with Gasteiger partial charge in [0, 0.05) is 12.8 Å². The van der Waals surface area contributed by atoms with Crippen LogP contribution in [0.15, 0.2) is 54.6 Å². The lowest BCUT2D eigenvalue weighted by atomic mass is 10.0. The Balaban J connectivity index is 2.12. The minimum absolute atomic E-state index is 0.0934. The Morgan fingerprint density at radius 2 is 1.43 bits per heavy atom. The summed E-state index contributed by atoms with van der Waals surface area (Å²) < 4.78 is 0. The smallest absolute Gasteiger partial charge is 0.243 e. The molecule has 0 saturated heterocycles. The topological polar surface area (TPSA) is 148 Å². The van der Waals surface area contributed by atoms with Crippen molar-refractivity contribution in [2.75, 3.05) is 6.54 Å². The first-order chi connectivity index (χ1) is 13.4. The van der Waals surface area contributed by atoms with Crippen molar-refractivity contribution in [3.05, 3.63) is 65.7 Å². The lowest BCUT2D eigenvalue weighted by Crippen LogP contribution is -2.55. The minimum atomic E-state index is -0.968. The molecule has 0 aromatic heterocycles. The molecule has 3 amide bonds. The summed E-state index contributed by atoms with van der Waals surface area (Å²) in [7, 11) is 0. The van der Waals surface area contributed by atoms with Crippen molar-refractivity contribution in [2.45, 2.75) is 24.9 Å². The summed E-state index contributed by atoms with van der Waals surface area (Å²) in [6, 6.07) is 13.5. The lowest BCUT2D eigenvalue weighted by molar-refractivity contribution is -0.131. The summed E-state index contributed by atoms with van der Waals surface area (Å²) in [5.41, 5.74) is 12.3. The second kappa shape index (κ2) is 10.1. The van der Waals surface area contributed by atoms with Crippen LogP contribution in [-0.2, 0) is 27.2 Å². The van der Waals surface area contributed by atoms with E-state index in [1.807, 2.05) is 30.3 Å². The molecule has 7 N–H and O–H groups in total. The molecule has 0 saturated carbocycles. The first-order valence-corrected chi connectivity index (χ1v) is 8.80. The monoisotopic (exact) mass is 384 g/mol. The molecule has 28 heavy (non-hydrogen) atoms. The van der Waals surface area contributed by atoms with Gasteiger partial charge < -0.3 is 27.2 Å². The van der Waals surface area contributed by atoms with Gasteiger partial charge in [-0.2, -0.15) is 0 Å². The zero-order valence-corrected chi connectivity index (χ0v) is 15.3. The number of rotatable bonds is 9. The molecule has 2 atom stereocenters. The molecule has 0 aliphatic carbocycles. The molecule has 0 heterocycles. The number of amides is 3. The third kappa shape index (κ3) is 6.40. The number of hydrogen-bond donors (Lipinski definition) is 5. The first kappa shape index (κ1) is 20.9. The Hall–Kier alpha value is -3.39. The van der Waals surface area contributed by atoms with Gasteiger partial charge in [-0.15, -0.1) is 0 Å². The van der Waals surface area contributed by atoms with Crippen LogP contribution in [0.4, 0.5) is 0 Å². The second-order valence-corrected chi connectivity index (χ2v) is 6.35. The van der Waals surface area contributed by atoms with Crippen molar-refractivity contribution in [1.82, 2.24) is 10.6 Å². The highest BCUT2D eigenvalue weighted by atomic mass is 16.3. The molecular formula is C20H24N4O4. The lowest BCUT2D eigenvalue weighted by Gasteiger charge is -2.22. The van der Waals surface area contributed by atoms with Crippen LogP contribution in [0, 0.1) is 0 Å². The van der Waals surface area contributed by atoms with Crippen molar-refractivity contribution in [2.24, 2.45) is 11.5 Å². The van der Waals surface area contributed by atoms with Gasteiger partial charge >= 0.3 is 0 Å². The third-order valence-electron chi connectivity index (χ3n) is 4.16. The van der Waals surface area contributed by atoms with Crippen molar-refractivity contribution in [3.63, 3.8) is 0 Å². The summed E-state index contributed by atoms with van der Waals surface area (Å²) in [6.45, 7) is -0.259. The van der Waals surface area contributed by atoms with Crippen LogP contribution in [0.25, 0.3) is 0 Å². The number of carbonyl (C=O) groups is 3. The van der Waals surface area contributed by atoms with E-state index in [1.54, 1.807) is 12.1 Å². The van der Waals surface area contributed by atoms with Crippen LogP contribution in [0.5, 0.6) is 5.75 Å². The van der Waals surface area contributed by atoms with Crippen molar-refractivity contribution in [1.29, 1.82) is 0 Å². The van der Waals surface area contributed by atoms with Crippen LogP contribution >= 0.6 is 0 Å². The highest BCUT2D eigenvalue weighted by Gasteiger charge is 2.26. The maximum Gasteiger partial charge on any atom is 0.243 e. The maximum absolute atomic E-state index is 12.7. The molecule has 0 bridgehead atoms. The van der Waals surface area contributed by atoms with E-state index in [0.29, 0.717) is 5.56 Å². The van der Waals surface area contributed by atoms with Gasteiger partial charge in [0.05, 0.1) is 6.54 Å². The first-order valence-electron chi connectivity index (χ1n) is 8.80. The van der Waals surface area contributed by atoms with E-state index < -0.39 is 29.8 Å². The Kier molecular flexibility index (Phi) is 7.53. The van der Waals surface area contributed by atoms with E-state index in [4.69, 9.17) is 11.5 Å². The number of nitrogens with two attached hydrogens (primary N) is 2. The Morgan fingerprint density at radius 3 is 2.00 bits per heavy atom. The number of primary amides is 1. The van der Waals surface area contributed by atoms with Crippen LogP contribution in [0.1, 0.15) is 11.1 Å². The minimum Gasteiger partial charge on any atom is -0.508 e. The average molecular weight is 384 g/mol. The van der Waals surface area contributed by atoms with Crippen molar-refractivity contribution in [3.8, 4) is 5.75 Å². The second-order valence-electron chi connectivity index (χ2n) is 6.35. The number of hydrogen-bond acceptors (Lipinski definition) is 5. The molecule has 8 heteroatoms. The van der Waals surface area contributed by atoms with Gasteiger partial charge in [0.1, 0.15) is 17.8 Å². The van der Waals surface area contributed by atoms with E-state index in [0.717, 1.165) is 5.56 Å². The Morgan fingerprint density at radius 1 is 0.857 bits per heavy atom. The quantitative estimate of drug-likeness (QED) is 0.399. The fourth-order valence-corrected chi connectivity index (χ4v) is 2.68. The molecule has 0 spiro atoms. The van der Waals surface area contributed by atoms with E-state index in [1.165, 1.54) is 12.1 Å². The number of carbonyl (C=O) groups excluding carboxylic acids is 3. The zero-order valence-electron chi connectivity index (χ0n) is 15.3. The van der Waals surface area contributed by atoms with E-state index in [-0.39, 0.29) is 25.1 Å². The third-order valence-corrected chi connectivity index (χ3v) is 4.16. The van der Waals surface area contributed by atoms with Gasteiger partial charge in [-0.1, -0.05) is 42.5 Å². The standard InChI is InChI=1S/C20H24N4O4/c21-12-18(26)23-17(11-13-4-2-1-3-5-13)20(28)24-16(19(22)27)10-14-6-8-15(25)9-7-14/h1-9,16-17,25H,10-12,21H2,(H2,22,27)(H,23,26)(H,24,28)/t16-,17-/m0/s1. The summed E-state index contributed by atoms with van der Waals surface area (Å²) in [4.78, 5) is 36.3. The van der Waals surface area contributed by atoms with Crippen LogP contribution < -0.4 is 22.1 Å². The summed E-state index contributed by atoms with van der Waals surface area (Å²) in [5, 5.41) is 14.5. The molecule has 2 aromatic carbocycles. The maximum atomic E-state index is 12.7. The van der Waals surface area contributed by atoms with Crippen LogP contribution in [-0.4, -0.2) is 41.5 Å². The molecule has 8 nitrogen and oxygen atoms in total. The molecule has 2 rings (SSSR count). The average Bonchev–Trinajstić information content (AvgIpc) is 2.69. The normalized spacial score (nSPS) is 12.6. The fraction of sp³-hybridized carbons (Fsp3) is 0.250. The van der Waals surface area contributed by atoms with Gasteiger partial charge in [-0.25, -0.2) is 0 Å². The number of phenols is 1. The van der Waals surface area contributed by atoms with Gasteiger partial charge in [0.25, 0.3) is 0 Å². The van der Waals surface area contributed by atoms with E-state index in [2.05, 4.69) is 10.6 Å². The number of nitrogens with one attached hydrogen (secondary N) is 2. The fourth-order valence-electron chi connectivity index (χ4n) is 2.68. The van der Waals surface area contributed by atoms with E-state index in [9.17, 15) is 19.5 Å². The number of benzene rings is 2. The summed E-state index contributed by atoms with van der Waals surface area (Å²) >= 11 is 0. The molecule has 0 unspecified atom stereocenters. The van der Waals surface area contributed by atoms with Gasteiger partial charge in [0.2, 0.25) is 17.7 Å². The van der Waals surface area contributed by atoms with Gasteiger partial charge in [0.15, 0.2) is 0 Å². The van der Waals surface area contributed by atoms with Crippen LogP contribution in [0.3, 0.4) is 0 Å². The predicted molar refractivity (Wildman–Crippen MR) is 104 cm³/mol. The summed E-state index contributed by atoms with van der Waals surface area (Å²) in [6.07, 6.45) is 0.396. The Bertz CT molecular complexity index is 809. The number of aromatic hydroxyl groups is 1. The molecular weight excluding hydrogens is 360 g/mol. The van der Waals surface area contributed by atoms with Crippen LogP contribution in [0.2, 0.25) is 0 Å². The molecule has 0 radical (unpaired) electrons. The molecule has 0 fully saturated rings. The SMILES string of the molecule is NCC(=O)N[C@@H](Cc1ccccc1)C(=O)N[C@@H](Cc1ccc(O)cc1)C(N)=O. The van der Waals surface area contributed by atoms with Gasteiger partial charge in [-0.05, 0) is 23.3 Å². The number of phenolic OH excluding ortho intramolecular Hbond substituents is 1. The highest BCUT2D eigenvalue weighted by Crippen LogP contribution is 2.12. The van der Waals surface area contributed by atoms with E-state index >= 15 is 0 Å². The van der Waals surface area contributed by atoms with Crippen molar-refractivity contribution < 1.29 is 19.5 Å². The van der Waals surface area contributed by atoms with Gasteiger partial charge in [-0.3, -0.25) is 14.4 Å². The Labute approximate surface area is 162 Å². The molecule has 148 valence electrons. The molecule has 2 aromatic rings. The zero-order chi connectivity index (χ0) is 20.5.